The van der Waals surface area contributed by atoms with E-state index in [2.05, 4.69) is 46.9 Å². The number of hydrogen-bond donors (Lipinski definition) is 0. The zero-order valence-electron chi connectivity index (χ0n) is 7.94. The van der Waals surface area contributed by atoms with Crippen molar-refractivity contribution < 1.29 is 0 Å². The van der Waals surface area contributed by atoms with Crippen LogP contribution in [0.3, 0.4) is 0 Å². The van der Waals surface area contributed by atoms with Crippen LogP contribution in [0.15, 0.2) is 48.5 Å². The van der Waals surface area contributed by atoms with Crippen LogP contribution in [0.4, 0.5) is 0 Å². The van der Waals surface area contributed by atoms with E-state index in [1.807, 2.05) is 30.3 Å². The molecule has 0 unspecified atom stereocenters. The molecule has 2 heteroatoms. The molecule has 0 aliphatic rings. The normalized spacial score (nSPS) is 9.60. The largest absolute Gasteiger partial charge is 0.192 e. The lowest BCUT2D eigenvalue weighted by molar-refractivity contribution is 1.48. The second kappa shape index (κ2) is 4.45. The van der Waals surface area contributed by atoms with Gasteiger partial charge in [0.25, 0.3) is 0 Å². The zero-order chi connectivity index (χ0) is 10.7. The molecule has 2 aromatic rings. The summed E-state index contributed by atoms with van der Waals surface area (Å²) < 4.78 is 1.22. The van der Waals surface area contributed by atoms with Gasteiger partial charge >= 0.3 is 0 Å². The molecular formula is C13H8IN. The van der Waals surface area contributed by atoms with Gasteiger partial charge in [0.1, 0.15) is 0 Å². The van der Waals surface area contributed by atoms with Gasteiger partial charge in [0, 0.05) is 3.57 Å². The Kier molecular flexibility index (Phi) is 3.02. The first-order valence-corrected chi connectivity index (χ1v) is 5.63. The van der Waals surface area contributed by atoms with Crippen LogP contribution in [0.1, 0.15) is 5.56 Å². The van der Waals surface area contributed by atoms with Crippen molar-refractivity contribution in [3.8, 4) is 17.2 Å². The molecule has 0 saturated heterocycles. The van der Waals surface area contributed by atoms with Gasteiger partial charge in [-0.05, 0) is 58.0 Å². The average Bonchev–Trinajstić information content (AvgIpc) is 2.29. The van der Waals surface area contributed by atoms with Crippen molar-refractivity contribution >= 4 is 22.6 Å². The van der Waals surface area contributed by atoms with Crippen molar-refractivity contribution in [2.75, 3.05) is 0 Å². The van der Waals surface area contributed by atoms with Gasteiger partial charge in [0.2, 0.25) is 0 Å². The minimum absolute atomic E-state index is 0.698. The molecule has 2 rings (SSSR count). The van der Waals surface area contributed by atoms with Gasteiger partial charge in [-0.1, -0.05) is 24.3 Å². The Morgan fingerprint density at radius 2 is 1.67 bits per heavy atom. The number of nitriles is 1. The summed E-state index contributed by atoms with van der Waals surface area (Å²) in [7, 11) is 0. The number of benzene rings is 2. The van der Waals surface area contributed by atoms with E-state index in [4.69, 9.17) is 5.26 Å². The standard InChI is InChI=1S/C13H8IN/c14-13-3-1-2-12(8-13)11-6-4-10(9-15)5-7-11/h1-8H. The molecule has 0 aliphatic carbocycles. The molecule has 0 fully saturated rings. The number of rotatable bonds is 1. The molecule has 15 heavy (non-hydrogen) atoms. The summed E-state index contributed by atoms with van der Waals surface area (Å²) in [6, 6.07) is 18.1. The molecule has 0 bridgehead atoms. The topological polar surface area (TPSA) is 23.8 Å². The van der Waals surface area contributed by atoms with E-state index < -0.39 is 0 Å². The van der Waals surface area contributed by atoms with Crippen LogP contribution < -0.4 is 0 Å². The maximum Gasteiger partial charge on any atom is 0.0991 e. The molecule has 0 aliphatic heterocycles. The quantitative estimate of drug-likeness (QED) is 0.735. The van der Waals surface area contributed by atoms with Crippen molar-refractivity contribution in [2.24, 2.45) is 0 Å². The Morgan fingerprint density at radius 3 is 2.27 bits per heavy atom. The minimum atomic E-state index is 0.698. The predicted octanol–water partition coefficient (Wildman–Crippen LogP) is 3.83. The van der Waals surface area contributed by atoms with Crippen molar-refractivity contribution in [3.63, 3.8) is 0 Å². The van der Waals surface area contributed by atoms with Crippen LogP contribution in [0.5, 0.6) is 0 Å². The Hall–Kier alpha value is -1.34. The smallest absolute Gasteiger partial charge is 0.0991 e. The first kappa shape index (κ1) is 10.2. The Bertz CT molecular complexity index is 509. The molecule has 0 aromatic heterocycles. The third-order valence-electron chi connectivity index (χ3n) is 2.17. The van der Waals surface area contributed by atoms with E-state index in [0.29, 0.717) is 5.56 Å². The molecular weight excluding hydrogens is 297 g/mol. The second-order valence-electron chi connectivity index (χ2n) is 3.20. The molecule has 72 valence electrons. The van der Waals surface area contributed by atoms with Crippen LogP contribution in [-0.4, -0.2) is 0 Å². The van der Waals surface area contributed by atoms with E-state index >= 15 is 0 Å². The van der Waals surface area contributed by atoms with Crippen molar-refractivity contribution in [1.29, 1.82) is 5.26 Å². The van der Waals surface area contributed by atoms with E-state index in [9.17, 15) is 0 Å². The summed E-state index contributed by atoms with van der Waals surface area (Å²) in [5, 5.41) is 8.69. The van der Waals surface area contributed by atoms with E-state index in [-0.39, 0.29) is 0 Å². The Balaban J connectivity index is 2.42. The summed E-state index contributed by atoms with van der Waals surface area (Å²) in [4.78, 5) is 0. The van der Waals surface area contributed by atoms with Gasteiger partial charge < -0.3 is 0 Å². The first-order valence-electron chi connectivity index (χ1n) is 4.56. The van der Waals surface area contributed by atoms with E-state index in [1.54, 1.807) is 0 Å². The fourth-order valence-electron chi connectivity index (χ4n) is 1.41. The fraction of sp³-hybridized carbons (Fsp3) is 0. The van der Waals surface area contributed by atoms with Crippen LogP contribution in [0.2, 0.25) is 0 Å². The minimum Gasteiger partial charge on any atom is -0.192 e. The molecule has 0 amide bonds. The van der Waals surface area contributed by atoms with Gasteiger partial charge in [-0.3, -0.25) is 0 Å². The highest BCUT2D eigenvalue weighted by molar-refractivity contribution is 14.1. The summed E-state index contributed by atoms with van der Waals surface area (Å²) >= 11 is 2.29. The van der Waals surface area contributed by atoms with Crippen molar-refractivity contribution in [3.05, 3.63) is 57.7 Å². The monoisotopic (exact) mass is 305 g/mol. The summed E-state index contributed by atoms with van der Waals surface area (Å²) in [5.41, 5.74) is 3.03. The highest BCUT2D eigenvalue weighted by Crippen LogP contribution is 2.21. The van der Waals surface area contributed by atoms with Gasteiger partial charge in [-0.25, -0.2) is 0 Å². The van der Waals surface area contributed by atoms with Gasteiger partial charge in [-0.15, -0.1) is 0 Å². The van der Waals surface area contributed by atoms with Crippen LogP contribution >= 0.6 is 22.6 Å². The lowest BCUT2D eigenvalue weighted by Crippen LogP contribution is -1.79. The summed E-state index contributed by atoms with van der Waals surface area (Å²) in [6.45, 7) is 0. The van der Waals surface area contributed by atoms with Gasteiger partial charge in [0.15, 0.2) is 0 Å². The van der Waals surface area contributed by atoms with Crippen LogP contribution in [0, 0.1) is 14.9 Å². The van der Waals surface area contributed by atoms with Crippen molar-refractivity contribution in [2.45, 2.75) is 0 Å². The van der Waals surface area contributed by atoms with Gasteiger partial charge in [0.05, 0.1) is 11.6 Å². The van der Waals surface area contributed by atoms with Gasteiger partial charge in [-0.2, -0.15) is 5.26 Å². The average molecular weight is 305 g/mol. The maximum atomic E-state index is 8.69. The van der Waals surface area contributed by atoms with E-state index in [1.165, 1.54) is 9.13 Å². The molecule has 0 N–H and O–H groups in total. The third-order valence-corrected chi connectivity index (χ3v) is 2.84. The summed E-state index contributed by atoms with van der Waals surface area (Å²) in [6.07, 6.45) is 0. The lowest BCUT2D eigenvalue weighted by Gasteiger charge is -2.01. The van der Waals surface area contributed by atoms with Crippen LogP contribution in [-0.2, 0) is 0 Å². The zero-order valence-corrected chi connectivity index (χ0v) is 10.1. The van der Waals surface area contributed by atoms with Crippen LogP contribution in [0.25, 0.3) is 11.1 Å². The molecule has 1 nitrogen and oxygen atoms in total. The highest BCUT2D eigenvalue weighted by Gasteiger charge is 1.97. The second-order valence-corrected chi connectivity index (χ2v) is 4.45. The first-order chi connectivity index (χ1) is 7.29. The number of halogens is 1. The van der Waals surface area contributed by atoms with E-state index in [0.717, 1.165) is 5.56 Å². The molecule has 2 aromatic carbocycles. The molecule has 0 spiro atoms. The maximum absolute atomic E-state index is 8.69. The molecule has 0 radical (unpaired) electrons. The lowest BCUT2D eigenvalue weighted by atomic mass is 10.0. The van der Waals surface area contributed by atoms with Crippen molar-refractivity contribution in [1.82, 2.24) is 0 Å². The number of hydrogen-bond acceptors (Lipinski definition) is 1. The highest BCUT2D eigenvalue weighted by atomic mass is 127. The molecule has 0 atom stereocenters. The SMILES string of the molecule is N#Cc1ccc(-c2cccc(I)c2)cc1. The Labute approximate surface area is 103 Å². The predicted molar refractivity (Wildman–Crippen MR) is 69.3 cm³/mol. The molecule has 0 saturated carbocycles. The molecule has 0 heterocycles. The summed E-state index contributed by atoms with van der Waals surface area (Å²) in [5.74, 6) is 0. The number of nitrogens with zero attached hydrogens (tertiary/aromatic N) is 1. The Morgan fingerprint density at radius 1 is 0.933 bits per heavy atom. The fourth-order valence-corrected chi connectivity index (χ4v) is 1.95. The third kappa shape index (κ3) is 2.37.